The second kappa shape index (κ2) is 12.7. The molecule has 46 heavy (non-hydrogen) atoms. The van der Waals surface area contributed by atoms with Crippen molar-refractivity contribution in [3.05, 3.63) is 89.8 Å². The van der Waals surface area contributed by atoms with Crippen molar-refractivity contribution < 1.29 is 18.7 Å². The van der Waals surface area contributed by atoms with Crippen LogP contribution in [0.5, 0.6) is 11.6 Å². The second-order valence-electron chi connectivity index (χ2n) is 12.6. The number of aryl methyl sites for hydroxylation is 2. The summed E-state index contributed by atoms with van der Waals surface area (Å²) in [5.74, 6) is 1.19. The molecule has 0 unspecified atom stereocenters. The summed E-state index contributed by atoms with van der Waals surface area (Å²) in [7, 11) is 1.71. The maximum atomic E-state index is 14.4. The summed E-state index contributed by atoms with van der Waals surface area (Å²) in [4.78, 5) is 28.2. The predicted octanol–water partition coefficient (Wildman–Crippen LogP) is 7.07. The van der Waals surface area contributed by atoms with Crippen molar-refractivity contribution in [2.24, 2.45) is 7.05 Å². The quantitative estimate of drug-likeness (QED) is 0.205. The fraction of sp³-hybridized carbons (Fsp3) is 0.343. The topological polar surface area (TPSA) is 107 Å². The molecule has 0 saturated carbocycles. The van der Waals surface area contributed by atoms with Gasteiger partial charge in [0.05, 0.1) is 17.5 Å². The lowest BCUT2D eigenvalue weighted by molar-refractivity contribution is 0.0206. The number of fused-ring (bicyclic) bond motifs is 1. The summed E-state index contributed by atoms with van der Waals surface area (Å²) in [6.07, 6.45) is 6.53. The first-order valence-corrected chi connectivity index (χ1v) is 15.4. The average molecular weight is 624 g/mol. The van der Waals surface area contributed by atoms with Gasteiger partial charge in [-0.3, -0.25) is 4.68 Å². The number of amides is 1. The molecule has 0 aliphatic carbocycles. The van der Waals surface area contributed by atoms with Gasteiger partial charge in [-0.15, -0.1) is 0 Å². The largest absolute Gasteiger partial charge is 0.444 e. The van der Waals surface area contributed by atoms with Crippen LogP contribution in [0.25, 0.3) is 22.0 Å². The number of halogens is 1. The van der Waals surface area contributed by atoms with Gasteiger partial charge in [0.25, 0.3) is 0 Å². The number of aromatic nitrogens is 5. The monoisotopic (exact) mass is 623 g/mol. The van der Waals surface area contributed by atoms with E-state index < -0.39 is 5.60 Å². The smallest absolute Gasteiger partial charge is 0.410 e. The van der Waals surface area contributed by atoms with Gasteiger partial charge in [-0.25, -0.2) is 24.1 Å². The first-order chi connectivity index (χ1) is 22.0. The van der Waals surface area contributed by atoms with Crippen molar-refractivity contribution in [1.29, 1.82) is 0 Å². The lowest BCUT2D eigenvalue weighted by Gasteiger charge is -2.34. The van der Waals surface area contributed by atoms with Crippen molar-refractivity contribution in [3.63, 3.8) is 0 Å². The van der Waals surface area contributed by atoms with Crippen molar-refractivity contribution >= 4 is 22.8 Å². The van der Waals surface area contributed by atoms with E-state index in [2.05, 4.69) is 20.4 Å². The molecule has 0 bridgehead atoms. The van der Waals surface area contributed by atoms with E-state index in [1.807, 2.05) is 76.2 Å². The summed E-state index contributed by atoms with van der Waals surface area (Å²) < 4.78 is 28.1. The highest BCUT2D eigenvalue weighted by molar-refractivity contribution is 5.92. The predicted molar refractivity (Wildman–Crippen MR) is 174 cm³/mol. The molecule has 6 rings (SSSR count). The lowest BCUT2D eigenvalue weighted by Crippen LogP contribution is -2.47. The first kappa shape index (κ1) is 30.9. The Bertz CT molecular complexity index is 1880. The highest BCUT2D eigenvalue weighted by atomic mass is 19.1. The van der Waals surface area contributed by atoms with Crippen LogP contribution in [-0.2, 0) is 18.2 Å². The zero-order chi connectivity index (χ0) is 32.4. The molecule has 1 amide bonds. The van der Waals surface area contributed by atoms with E-state index in [1.54, 1.807) is 24.3 Å². The first-order valence-electron chi connectivity index (χ1n) is 15.4. The summed E-state index contributed by atoms with van der Waals surface area (Å²) in [6, 6.07) is 15.5. The van der Waals surface area contributed by atoms with Crippen LogP contribution in [0.2, 0.25) is 0 Å². The number of rotatable bonds is 7. The summed E-state index contributed by atoms with van der Waals surface area (Å²) >= 11 is 0. The normalized spacial score (nSPS) is 15.2. The number of benzene rings is 2. The van der Waals surface area contributed by atoms with Gasteiger partial charge >= 0.3 is 6.09 Å². The van der Waals surface area contributed by atoms with E-state index in [1.165, 1.54) is 10.9 Å². The van der Waals surface area contributed by atoms with Gasteiger partial charge < -0.3 is 19.7 Å². The number of hydrogen-bond acceptors (Lipinski definition) is 8. The Balaban J connectivity index is 1.25. The van der Waals surface area contributed by atoms with E-state index in [9.17, 15) is 9.18 Å². The Morgan fingerprint density at radius 1 is 1.07 bits per heavy atom. The van der Waals surface area contributed by atoms with E-state index in [4.69, 9.17) is 14.5 Å². The third-order valence-electron chi connectivity index (χ3n) is 7.82. The Morgan fingerprint density at radius 3 is 2.70 bits per heavy atom. The minimum Gasteiger partial charge on any atom is -0.444 e. The Morgan fingerprint density at radius 2 is 1.91 bits per heavy atom. The molecular weight excluding hydrogens is 585 g/mol. The lowest BCUT2D eigenvalue weighted by atomic mass is 9.98. The fourth-order valence-electron chi connectivity index (χ4n) is 5.71. The Kier molecular flexibility index (Phi) is 8.57. The zero-order valence-electron chi connectivity index (χ0n) is 26.7. The minimum atomic E-state index is -0.551. The SMILES string of the molecule is Cc1ccc2c(Cc3nn(C)cc3F)cccc2c1Oc1ncccc1-c1ccnc(N[C@H]2CCCN(C(=O)OC(C)(C)C)C2)n1. The van der Waals surface area contributed by atoms with Gasteiger partial charge in [0.15, 0.2) is 5.82 Å². The van der Waals surface area contributed by atoms with Crippen LogP contribution in [0.15, 0.2) is 67.1 Å². The van der Waals surface area contributed by atoms with Gasteiger partial charge in [0.2, 0.25) is 11.8 Å². The number of likely N-dealkylation sites (tertiary alicyclic amines) is 1. The second-order valence-corrected chi connectivity index (χ2v) is 12.6. The number of carbonyl (C=O) groups excluding carboxylic acids is 1. The number of ether oxygens (including phenoxy) is 2. The number of hydrogen-bond donors (Lipinski definition) is 1. The minimum absolute atomic E-state index is 0.0202. The summed E-state index contributed by atoms with van der Waals surface area (Å²) in [5, 5.41) is 9.54. The molecule has 238 valence electrons. The van der Waals surface area contributed by atoms with E-state index in [-0.39, 0.29) is 18.0 Å². The van der Waals surface area contributed by atoms with Gasteiger partial charge in [0.1, 0.15) is 17.0 Å². The molecule has 0 spiro atoms. The Labute approximate surface area is 267 Å². The molecule has 5 aromatic rings. The van der Waals surface area contributed by atoms with E-state index in [0.29, 0.717) is 54.0 Å². The van der Waals surface area contributed by atoms with Gasteiger partial charge in [0, 0.05) is 50.4 Å². The summed E-state index contributed by atoms with van der Waals surface area (Å²) in [6.45, 7) is 8.74. The Hall–Kier alpha value is -5.06. The number of carbonyl (C=O) groups is 1. The molecule has 4 heterocycles. The van der Waals surface area contributed by atoms with Crippen LogP contribution < -0.4 is 10.1 Å². The summed E-state index contributed by atoms with van der Waals surface area (Å²) in [5.41, 5.74) is 3.07. The number of nitrogens with one attached hydrogen (secondary N) is 1. The molecule has 1 fully saturated rings. The van der Waals surface area contributed by atoms with Crippen LogP contribution in [-0.4, -0.2) is 60.5 Å². The van der Waals surface area contributed by atoms with Gasteiger partial charge in [-0.05, 0) is 75.2 Å². The maximum absolute atomic E-state index is 14.4. The number of piperidine rings is 1. The number of pyridine rings is 1. The third-order valence-corrected chi connectivity index (χ3v) is 7.82. The van der Waals surface area contributed by atoms with Crippen LogP contribution >= 0.6 is 0 Å². The fourth-order valence-corrected chi connectivity index (χ4v) is 5.71. The maximum Gasteiger partial charge on any atom is 0.410 e. The molecule has 11 heteroatoms. The highest BCUT2D eigenvalue weighted by Crippen LogP contribution is 2.38. The highest BCUT2D eigenvalue weighted by Gasteiger charge is 2.28. The number of anilines is 1. The van der Waals surface area contributed by atoms with Crippen LogP contribution in [0.3, 0.4) is 0 Å². The molecule has 0 radical (unpaired) electrons. The molecule has 2 aromatic carbocycles. The van der Waals surface area contributed by atoms with Crippen LogP contribution in [0.4, 0.5) is 15.1 Å². The zero-order valence-corrected chi connectivity index (χ0v) is 26.7. The molecule has 3 aromatic heterocycles. The standard InChI is InChI=1S/C35H38FN7O3/c1-22-13-14-25-23(19-30-28(36)21-42(5)41-30)9-6-11-26(25)31(22)45-32-27(12-7-16-37-32)29-15-17-38-33(40-29)39-24-10-8-18-43(20-24)34(44)46-35(2,3)4/h6-7,9,11-17,21,24H,8,10,18-20H2,1-5H3,(H,38,39,40)/t24-/m0/s1. The average Bonchev–Trinajstić information content (AvgIpc) is 3.34. The molecule has 1 atom stereocenters. The molecule has 1 saturated heterocycles. The molecule has 1 aliphatic rings. The van der Waals surface area contributed by atoms with Crippen LogP contribution in [0, 0.1) is 12.7 Å². The van der Waals surface area contributed by atoms with E-state index >= 15 is 0 Å². The van der Waals surface area contributed by atoms with Gasteiger partial charge in [-0.1, -0.05) is 30.3 Å². The molecule has 1 aliphatic heterocycles. The molecule has 10 nitrogen and oxygen atoms in total. The van der Waals surface area contributed by atoms with Gasteiger partial charge in [-0.2, -0.15) is 5.10 Å². The molecular formula is C35H38FN7O3. The van der Waals surface area contributed by atoms with Crippen molar-refractivity contribution in [2.45, 2.75) is 58.6 Å². The van der Waals surface area contributed by atoms with Crippen molar-refractivity contribution in [3.8, 4) is 22.9 Å². The van der Waals surface area contributed by atoms with Crippen LogP contribution in [0.1, 0.15) is 50.4 Å². The van der Waals surface area contributed by atoms with Crippen molar-refractivity contribution in [2.75, 3.05) is 18.4 Å². The van der Waals surface area contributed by atoms with E-state index in [0.717, 1.165) is 34.7 Å². The number of nitrogens with zero attached hydrogens (tertiary/aromatic N) is 6. The molecule has 1 N–H and O–H groups in total. The van der Waals surface area contributed by atoms with Crippen molar-refractivity contribution in [1.82, 2.24) is 29.6 Å². The third kappa shape index (κ3) is 6.93.